The smallest absolute Gasteiger partial charge is 0.870 e. The van der Waals surface area contributed by atoms with E-state index in [0.717, 1.165) is 22.5 Å². The Morgan fingerprint density at radius 2 is 1.21 bits per heavy atom. The predicted octanol–water partition coefficient (Wildman–Crippen LogP) is 3.13. The molecule has 2 atom stereocenters. The van der Waals surface area contributed by atoms with E-state index in [1.54, 1.807) is 31.2 Å². The van der Waals surface area contributed by atoms with Crippen LogP contribution in [0.15, 0.2) is 24.3 Å². The number of nitrogens with zero attached hydrogens (tertiary/aromatic N) is 3. The van der Waals surface area contributed by atoms with Gasteiger partial charge in [0, 0.05) is 26.2 Å². The van der Waals surface area contributed by atoms with Gasteiger partial charge in [-0.2, -0.15) is 25.9 Å². The fourth-order valence-corrected chi connectivity index (χ4v) is 9.41. The Labute approximate surface area is 296 Å². The van der Waals surface area contributed by atoms with E-state index in [2.05, 4.69) is 9.46 Å². The molecule has 43 heavy (non-hydrogen) atoms. The number of hydrogen-bond donors (Lipinski definition) is 1. The van der Waals surface area contributed by atoms with Crippen molar-refractivity contribution in [2.45, 2.75) is 35.1 Å². The first-order valence-corrected chi connectivity index (χ1v) is 16.4. The van der Waals surface area contributed by atoms with E-state index in [9.17, 15) is 21.6 Å². The van der Waals surface area contributed by atoms with Crippen LogP contribution in [0.2, 0.25) is 20.1 Å². The van der Waals surface area contributed by atoms with Crippen molar-refractivity contribution in [1.29, 1.82) is 0 Å². The Morgan fingerprint density at radius 3 is 1.63 bits per heavy atom. The Kier molecular flexibility index (Phi) is 16.5. The number of benzene rings is 2. The second-order valence-electron chi connectivity index (χ2n) is 9.79. The molecule has 0 saturated carbocycles. The zero-order valence-electron chi connectivity index (χ0n) is 23.9. The fourth-order valence-electron chi connectivity index (χ4n) is 4.25. The first-order valence-electron chi connectivity index (χ1n) is 12.1. The van der Waals surface area contributed by atoms with Crippen LogP contribution in [0.5, 0.6) is 0 Å². The van der Waals surface area contributed by atoms with Gasteiger partial charge < -0.3 is 10.2 Å². The number of halogens is 4. The summed E-state index contributed by atoms with van der Waals surface area (Å²) < 4.78 is 59.4. The van der Waals surface area contributed by atoms with Crippen molar-refractivity contribution >= 4 is 84.3 Å². The van der Waals surface area contributed by atoms with Crippen LogP contribution in [0.1, 0.15) is 32.4 Å². The summed E-state index contributed by atoms with van der Waals surface area (Å²) in [5.74, 6) is 0.0954. The van der Waals surface area contributed by atoms with Crippen LogP contribution < -0.4 is 42.9 Å². The number of amides is 1. The van der Waals surface area contributed by atoms with E-state index >= 15 is 0 Å². The monoisotopic (exact) mass is 730 g/mol. The van der Waals surface area contributed by atoms with Gasteiger partial charge in [0.25, 0.3) is 0 Å². The summed E-state index contributed by atoms with van der Waals surface area (Å²) in [6, 6.07) is 6.66. The first-order chi connectivity index (χ1) is 18.5. The molecule has 2 aliphatic rings. The molecule has 2 aliphatic heterocycles. The van der Waals surface area contributed by atoms with Gasteiger partial charge in [0.15, 0.2) is 0 Å². The Bertz CT molecular complexity index is 1470. The van der Waals surface area contributed by atoms with Crippen molar-refractivity contribution in [3.63, 3.8) is 0 Å². The summed E-state index contributed by atoms with van der Waals surface area (Å²) in [7, 11) is -6.52. The topological polar surface area (TPSA) is 146 Å². The Balaban J connectivity index is 0.000000779. The summed E-state index contributed by atoms with van der Waals surface area (Å²) >= 11 is 24.6. The maximum Gasteiger partial charge on any atom is 1.00 e. The zero-order valence-corrected chi connectivity index (χ0v) is 30.5. The largest absolute Gasteiger partial charge is 1.00 e. The van der Waals surface area contributed by atoms with Gasteiger partial charge in [0.05, 0.1) is 38.6 Å². The fraction of sp³-hybridized carbons (Fsp3) is 0.480. The molecule has 2 unspecified atom stereocenters. The Morgan fingerprint density at radius 1 is 0.814 bits per heavy atom. The van der Waals surface area contributed by atoms with E-state index in [4.69, 9.17) is 46.4 Å². The molecule has 2 aromatic carbocycles. The molecule has 11 nitrogen and oxygen atoms in total. The molecule has 2 fully saturated rings. The van der Waals surface area contributed by atoms with E-state index in [1.807, 2.05) is 20.8 Å². The molecule has 0 spiro atoms. The van der Waals surface area contributed by atoms with Gasteiger partial charge in [-0.1, -0.05) is 67.7 Å². The molecular formula is C25H35Cl4N4NaO7S2. The van der Waals surface area contributed by atoms with Crippen molar-refractivity contribution in [3.8, 4) is 0 Å². The molecule has 0 bridgehead atoms. The average Bonchev–Trinajstić information content (AvgIpc) is 2.82. The molecule has 0 aromatic heterocycles. The number of ether oxygens (including phenoxy) is 1. The van der Waals surface area contributed by atoms with Crippen LogP contribution in [0, 0.1) is 25.7 Å². The van der Waals surface area contributed by atoms with Crippen LogP contribution in [0.25, 0.3) is 0 Å². The van der Waals surface area contributed by atoms with Gasteiger partial charge >= 0.3 is 56.1 Å². The molecule has 18 heteroatoms. The van der Waals surface area contributed by atoms with Crippen LogP contribution in [-0.4, -0.2) is 66.0 Å². The minimum Gasteiger partial charge on any atom is -0.870 e. The summed E-state index contributed by atoms with van der Waals surface area (Å²) in [6.45, 7) is 8.48. The molecule has 1 amide bonds. The van der Waals surface area contributed by atoms with Crippen molar-refractivity contribution in [1.82, 2.24) is 9.03 Å². The van der Waals surface area contributed by atoms with Gasteiger partial charge in [-0.25, -0.2) is 9.10 Å². The van der Waals surface area contributed by atoms with Gasteiger partial charge in [-0.05, 0) is 61.1 Å². The van der Waals surface area contributed by atoms with Crippen LogP contribution in [-0.2, 0) is 25.2 Å². The molecule has 2 aromatic rings. The van der Waals surface area contributed by atoms with E-state index in [1.165, 1.54) is 4.31 Å². The SMILES string of the molecule is C.COC(=O)N1CC(C)CN(c2c(Cl)cc(C)cc2Cl)S1(=O)=O.Cc1cc(Cl)c(N2CC(C)CNS2(=O)=O)c(Cl)c1.[Na+].[OH-]. The van der Waals surface area contributed by atoms with Gasteiger partial charge in [0.2, 0.25) is 0 Å². The van der Waals surface area contributed by atoms with E-state index in [0.29, 0.717) is 33.1 Å². The molecular weight excluding hydrogens is 697 g/mol. The minimum atomic E-state index is -4.10. The molecule has 2 saturated heterocycles. The molecule has 4 rings (SSSR count). The van der Waals surface area contributed by atoms with Gasteiger partial charge in [-0.15, -0.1) is 0 Å². The minimum absolute atomic E-state index is 0. The van der Waals surface area contributed by atoms with Crippen LogP contribution in [0.3, 0.4) is 0 Å². The van der Waals surface area contributed by atoms with Crippen LogP contribution in [0.4, 0.5) is 16.2 Å². The maximum atomic E-state index is 12.7. The van der Waals surface area contributed by atoms with Crippen molar-refractivity contribution < 1.29 is 61.4 Å². The summed E-state index contributed by atoms with van der Waals surface area (Å²) in [4.78, 5) is 11.8. The molecule has 2 N–H and O–H groups in total. The number of carbonyl (C=O) groups excluding carboxylic acids is 1. The van der Waals surface area contributed by atoms with E-state index in [-0.39, 0.29) is 83.1 Å². The number of anilines is 2. The number of methoxy groups -OCH3 is 1. The standard InChI is InChI=1S/C13H16Cl2N2O4S.C11H14Cl2N2O2S.CH4.Na.H2O/c1-8-4-10(14)12(11(15)5-8)16-6-9(2)7-17(13(18)21-3)22(16,19)20;1-7-3-9(12)11(10(13)4-7)15-6-8(2)5-14-18(15,16)17;;;/h4-5,9H,6-7H2,1-3H3;3-4,8,14H,5-6H2,1-2H3;1H4;;1H2/q;;;+1;/p-1. The molecule has 0 radical (unpaired) electrons. The van der Waals surface area contributed by atoms with Gasteiger partial charge in [-0.3, -0.25) is 4.31 Å². The Hall–Kier alpha value is -0.710. The van der Waals surface area contributed by atoms with Crippen LogP contribution >= 0.6 is 46.4 Å². The molecule has 2 heterocycles. The number of rotatable bonds is 2. The second-order valence-corrected chi connectivity index (χ2v) is 14.9. The summed E-state index contributed by atoms with van der Waals surface area (Å²) in [5.41, 5.74) is 2.23. The van der Waals surface area contributed by atoms with Crippen molar-refractivity contribution in [2.75, 3.05) is 41.9 Å². The molecule has 238 valence electrons. The van der Waals surface area contributed by atoms with Crippen molar-refractivity contribution in [2.24, 2.45) is 11.8 Å². The third kappa shape index (κ3) is 9.65. The molecule has 0 aliphatic carbocycles. The number of aryl methyl sites for hydroxylation is 2. The summed E-state index contributed by atoms with van der Waals surface area (Å²) in [5, 5.41) is 1.12. The quantitative estimate of drug-likeness (QED) is 0.467. The number of hydrogen-bond acceptors (Lipinski definition) is 7. The van der Waals surface area contributed by atoms with E-state index < -0.39 is 26.5 Å². The third-order valence-electron chi connectivity index (χ3n) is 6.09. The number of nitrogens with one attached hydrogen (secondary N) is 1. The van der Waals surface area contributed by atoms with Crippen molar-refractivity contribution in [3.05, 3.63) is 55.5 Å². The average molecular weight is 733 g/mol. The second kappa shape index (κ2) is 16.7. The number of carbonyl (C=O) groups is 1. The summed E-state index contributed by atoms with van der Waals surface area (Å²) in [6.07, 6.45) is -0.934. The third-order valence-corrected chi connectivity index (χ3v) is 10.4. The van der Waals surface area contributed by atoms with Gasteiger partial charge in [0.1, 0.15) is 0 Å². The maximum absolute atomic E-state index is 12.7. The zero-order chi connectivity index (χ0) is 30.2. The normalized spacial score (nSPS) is 20.3. The predicted molar refractivity (Wildman–Crippen MR) is 169 cm³/mol. The first kappa shape index (κ1) is 42.3.